The lowest BCUT2D eigenvalue weighted by Gasteiger charge is -2.14. The molecule has 0 saturated carbocycles. The molecule has 0 aliphatic heterocycles. The zero-order chi connectivity index (χ0) is 14.8. The smallest absolute Gasteiger partial charge is 0.215 e. The molecule has 0 bridgehead atoms. The van der Waals surface area contributed by atoms with Gasteiger partial charge in [0.05, 0.1) is 5.25 Å². The highest BCUT2D eigenvalue weighted by Gasteiger charge is 2.19. The molecule has 1 aromatic rings. The van der Waals surface area contributed by atoms with E-state index in [0.29, 0.717) is 13.2 Å². The van der Waals surface area contributed by atoms with Crippen molar-refractivity contribution in [3.05, 3.63) is 30.3 Å². The lowest BCUT2D eigenvalue weighted by molar-refractivity contribution is 0.322. The monoisotopic (exact) mass is 300 g/mol. The Morgan fingerprint density at radius 3 is 2.55 bits per heavy atom. The predicted molar refractivity (Wildman–Crippen MR) is 81.5 cm³/mol. The van der Waals surface area contributed by atoms with Crippen LogP contribution in [0.4, 0.5) is 0 Å². The highest BCUT2D eigenvalue weighted by molar-refractivity contribution is 7.90. The average molecular weight is 300 g/mol. The Bertz CT molecular complexity index is 463. The van der Waals surface area contributed by atoms with Crippen molar-refractivity contribution in [1.82, 2.24) is 10.0 Å². The van der Waals surface area contributed by atoms with Crippen molar-refractivity contribution < 1.29 is 13.2 Å². The van der Waals surface area contributed by atoms with Crippen LogP contribution in [0, 0.1) is 0 Å². The van der Waals surface area contributed by atoms with Gasteiger partial charge in [-0.1, -0.05) is 25.1 Å². The van der Waals surface area contributed by atoms with Gasteiger partial charge in [0.2, 0.25) is 10.0 Å². The molecule has 2 N–H and O–H groups in total. The lowest BCUT2D eigenvalue weighted by atomic mass is 10.3. The Morgan fingerprint density at radius 2 is 1.90 bits per heavy atom. The average Bonchev–Trinajstić information content (AvgIpc) is 2.45. The minimum Gasteiger partial charge on any atom is -0.492 e. The van der Waals surface area contributed by atoms with E-state index in [0.717, 1.165) is 18.7 Å². The fourth-order valence-electron chi connectivity index (χ4n) is 1.60. The quantitative estimate of drug-likeness (QED) is 0.641. The fraction of sp³-hybridized carbons (Fsp3) is 0.571. The van der Waals surface area contributed by atoms with E-state index in [1.165, 1.54) is 0 Å². The maximum absolute atomic E-state index is 11.9. The molecule has 0 amide bonds. The van der Waals surface area contributed by atoms with E-state index in [-0.39, 0.29) is 6.54 Å². The van der Waals surface area contributed by atoms with Crippen LogP contribution in [0.1, 0.15) is 20.3 Å². The van der Waals surface area contributed by atoms with Gasteiger partial charge in [0.1, 0.15) is 12.4 Å². The first kappa shape index (κ1) is 16.9. The number of ether oxygens (including phenoxy) is 1. The maximum atomic E-state index is 11.9. The van der Waals surface area contributed by atoms with E-state index in [2.05, 4.69) is 10.0 Å². The van der Waals surface area contributed by atoms with Crippen LogP contribution in [0.3, 0.4) is 0 Å². The van der Waals surface area contributed by atoms with Crippen LogP contribution < -0.4 is 14.8 Å². The maximum Gasteiger partial charge on any atom is 0.215 e. The van der Waals surface area contributed by atoms with E-state index in [1.54, 1.807) is 6.92 Å². The third kappa shape index (κ3) is 6.36. The van der Waals surface area contributed by atoms with E-state index in [1.807, 2.05) is 37.3 Å². The number of para-hydroxylation sites is 1. The van der Waals surface area contributed by atoms with Crippen molar-refractivity contribution in [1.29, 1.82) is 0 Å². The molecule has 1 aromatic carbocycles. The summed E-state index contributed by atoms with van der Waals surface area (Å²) >= 11 is 0. The summed E-state index contributed by atoms with van der Waals surface area (Å²) in [5.74, 6) is 0.740. The summed E-state index contributed by atoms with van der Waals surface area (Å²) in [4.78, 5) is 0. The molecule has 5 nitrogen and oxygen atoms in total. The summed E-state index contributed by atoms with van der Waals surface area (Å²) in [5.41, 5.74) is 0. The Morgan fingerprint density at radius 1 is 1.20 bits per heavy atom. The van der Waals surface area contributed by atoms with Gasteiger partial charge in [0.15, 0.2) is 0 Å². The van der Waals surface area contributed by atoms with Gasteiger partial charge in [0.25, 0.3) is 0 Å². The van der Waals surface area contributed by atoms with E-state index >= 15 is 0 Å². The van der Waals surface area contributed by atoms with Crippen molar-refractivity contribution >= 4 is 10.0 Å². The molecule has 0 radical (unpaired) electrons. The third-order valence-corrected chi connectivity index (χ3v) is 4.64. The number of hydrogen-bond acceptors (Lipinski definition) is 4. The van der Waals surface area contributed by atoms with Gasteiger partial charge in [0, 0.05) is 13.1 Å². The lowest BCUT2D eigenvalue weighted by Crippen LogP contribution is -2.40. The molecule has 1 atom stereocenters. The van der Waals surface area contributed by atoms with E-state index < -0.39 is 15.3 Å². The zero-order valence-corrected chi connectivity index (χ0v) is 12.9. The highest BCUT2D eigenvalue weighted by atomic mass is 32.2. The summed E-state index contributed by atoms with van der Waals surface area (Å²) < 4.78 is 31.9. The summed E-state index contributed by atoms with van der Waals surface area (Å²) in [7, 11) is -3.29. The van der Waals surface area contributed by atoms with Crippen LogP contribution in [0.5, 0.6) is 5.75 Å². The molecular formula is C14H24N2O3S. The van der Waals surface area contributed by atoms with Gasteiger partial charge >= 0.3 is 0 Å². The van der Waals surface area contributed by atoms with Crippen LogP contribution in [-0.2, 0) is 10.0 Å². The first-order valence-corrected chi connectivity index (χ1v) is 8.48. The topological polar surface area (TPSA) is 67.4 Å². The molecule has 20 heavy (non-hydrogen) atoms. The first-order chi connectivity index (χ1) is 9.56. The molecule has 0 aromatic heterocycles. The molecule has 6 heteroatoms. The van der Waals surface area contributed by atoms with Crippen molar-refractivity contribution in [3.8, 4) is 5.75 Å². The van der Waals surface area contributed by atoms with Gasteiger partial charge in [-0.25, -0.2) is 13.1 Å². The summed E-state index contributed by atoms with van der Waals surface area (Å²) in [6.45, 7) is 5.63. The number of benzene rings is 1. The van der Waals surface area contributed by atoms with Gasteiger partial charge in [-0.15, -0.1) is 0 Å². The van der Waals surface area contributed by atoms with Gasteiger partial charge in [-0.05, 0) is 32.0 Å². The summed E-state index contributed by atoms with van der Waals surface area (Å²) in [6, 6.07) is 9.33. The Hall–Kier alpha value is -1.11. The number of nitrogens with one attached hydrogen (secondary N) is 2. The van der Waals surface area contributed by atoms with Crippen LogP contribution in [0.15, 0.2) is 30.3 Å². The standard InChI is InChI=1S/C14H24N2O3S/c1-3-9-15-12-13(2)20(17,18)16-10-11-19-14-7-5-4-6-8-14/h4-8,13,15-16H,3,9-12H2,1-2H3. The van der Waals surface area contributed by atoms with Gasteiger partial charge in [-0.3, -0.25) is 0 Å². The predicted octanol–water partition coefficient (Wildman–Crippen LogP) is 1.37. The van der Waals surface area contributed by atoms with Crippen LogP contribution in [0.2, 0.25) is 0 Å². The first-order valence-electron chi connectivity index (χ1n) is 6.93. The van der Waals surface area contributed by atoms with Crippen LogP contribution in [-0.4, -0.2) is 39.9 Å². The van der Waals surface area contributed by atoms with Crippen molar-refractivity contribution in [2.75, 3.05) is 26.2 Å². The number of rotatable bonds is 10. The normalized spacial score (nSPS) is 13.1. The van der Waals surface area contributed by atoms with Gasteiger partial charge < -0.3 is 10.1 Å². The largest absolute Gasteiger partial charge is 0.492 e. The van der Waals surface area contributed by atoms with E-state index in [4.69, 9.17) is 4.74 Å². The van der Waals surface area contributed by atoms with Crippen LogP contribution >= 0.6 is 0 Å². The minimum absolute atomic E-state index is 0.273. The number of sulfonamides is 1. The Balaban J connectivity index is 2.25. The third-order valence-electron chi connectivity index (χ3n) is 2.81. The summed E-state index contributed by atoms with van der Waals surface area (Å²) in [6.07, 6.45) is 0.991. The van der Waals surface area contributed by atoms with Gasteiger partial charge in [-0.2, -0.15) is 0 Å². The second kappa shape index (κ2) is 8.94. The van der Waals surface area contributed by atoms with E-state index in [9.17, 15) is 8.42 Å². The van der Waals surface area contributed by atoms with Crippen molar-refractivity contribution in [3.63, 3.8) is 0 Å². The molecule has 114 valence electrons. The Kier molecular flexibility index (Phi) is 7.58. The van der Waals surface area contributed by atoms with Crippen molar-refractivity contribution in [2.24, 2.45) is 0 Å². The fourth-order valence-corrected chi connectivity index (χ4v) is 2.59. The SMILES string of the molecule is CCCNCC(C)S(=O)(=O)NCCOc1ccccc1. The van der Waals surface area contributed by atoms with Crippen molar-refractivity contribution in [2.45, 2.75) is 25.5 Å². The molecule has 0 fully saturated rings. The zero-order valence-electron chi connectivity index (χ0n) is 12.1. The highest BCUT2D eigenvalue weighted by Crippen LogP contribution is 2.07. The molecule has 0 spiro atoms. The summed E-state index contributed by atoms with van der Waals surface area (Å²) in [5, 5.41) is 2.65. The second-order valence-electron chi connectivity index (χ2n) is 4.62. The molecule has 0 saturated heterocycles. The van der Waals surface area contributed by atoms with Crippen LogP contribution in [0.25, 0.3) is 0 Å². The minimum atomic E-state index is -3.29. The molecule has 1 unspecified atom stereocenters. The number of hydrogen-bond donors (Lipinski definition) is 2. The second-order valence-corrected chi connectivity index (χ2v) is 6.80. The molecule has 0 aliphatic rings. The molecule has 0 aliphatic carbocycles. The molecule has 1 rings (SSSR count). The molecular weight excluding hydrogens is 276 g/mol. The molecule has 0 heterocycles. The Labute approximate surface area is 121 Å².